The SMILES string of the molecule is O=C1CCC(Nc2ccc(N3CCN(CCCCCCNC(=O)c4ccc5c(c4)NC(=O)c4cnn6ccc(nc46)NCc4cc(F)ccc4O5)CC3)cc2)C(=O)N1. The van der Waals surface area contributed by atoms with Crippen LogP contribution in [0.2, 0.25) is 0 Å². The van der Waals surface area contributed by atoms with Gasteiger partial charge in [-0.05, 0) is 92.5 Å². The Kier molecular flexibility index (Phi) is 11.4. The molecule has 5 aromatic rings. The number of aromatic nitrogens is 3. The largest absolute Gasteiger partial charge is 0.455 e. The highest BCUT2D eigenvalue weighted by Gasteiger charge is 2.26. The molecule has 2 bridgehead atoms. The van der Waals surface area contributed by atoms with Crippen molar-refractivity contribution in [1.29, 1.82) is 0 Å². The average Bonchev–Trinajstić information content (AvgIpc) is 3.66. The monoisotopic (exact) mass is 788 g/mol. The van der Waals surface area contributed by atoms with E-state index in [1.807, 2.05) is 12.1 Å². The number of amides is 4. The van der Waals surface area contributed by atoms with E-state index in [9.17, 15) is 23.6 Å². The van der Waals surface area contributed by atoms with Gasteiger partial charge in [-0.1, -0.05) is 12.8 Å². The van der Waals surface area contributed by atoms with Crippen LogP contribution in [0.1, 0.15) is 64.8 Å². The molecule has 3 aliphatic heterocycles. The first-order valence-corrected chi connectivity index (χ1v) is 19.7. The molecule has 0 saturated carbocycles. The number of carbonyl (C=O) groups excluding carboxylic acids is 4. The molecular weight excluding hydrogens is 744 g/mol. The number of piperidine rings is 1. The molecule has 0 aliphatic carbocycles. The zero-order chi connectivity index (χ0) is 40.0. The molecule has 5 heterocycles. The summed E-state index contributed by atoms with van der Waals surface area (Å²) in [4.78, 5) is 59.7. The van der Waals surface area contributed by atoms with E-state index in [4.69, 9.17) is 4.74 Å². The Morgan fingerprint density at radius 3 is 2.53 bits per heavy atom. The van der Waals surface area contributed by atoms with E-state index < -0.39 is 17.8 Å². The molecule has 3 aliphatic rings. The number of nitrogens with zero attached hydrogens (tertiary/aromatic N) is 5. The molecule has 8 rings (SSSR count). The predicted molar refractivity (Wildman–Crippen MR) is 217 cm³/mol. The molecule has 1 atom stereocenters. The molecule has 0 spiro atoms. The standard InChI is InChI=1S/C42H45FN10O5/c43-29-6-13-35-28(23-29)25-45-37-15-18-53-39(49-37)32(26-46-53)41(56)48-34-24-27(5-12-36(34)58-35)40(55)44-16-3-1-2-4-17-51-19-21-52(22-20-51)31-9-7-30(8-10-31)47-33-11-14-38(54)50-42(33)57/h5-10,12-13,15,18,23-24,26,33,47H,1-4,11,14,16-17,19-22,25H2,(H,44,55)(H,45,49)(H,48,56)(H,50,54,57). The van der Waals surface area contributed by atoms with Crippen molar-refractivity contribution < 1.29 is 28.3 Å². The van der Waals surface area contributed by atoms with Crippen LogP contribution in [0.3, 0.4) is 0 Å². The molecule has 2 fully saturated rings. The number of hydrogen-bond donors (Lipinski definition) is 5. The normalized spacial score (nSPS) is 17.1. The molecule has 1 unspecified atom stereocenters. The Morgan fingerprint density at radius 1 is 0.897 bits per heavy atom. The fourth-order valence-corrected chi connectivity index (χ4v) is 7.41. The van der Waals surface area contributed by atoms with Gasteiger partial charge in [0.1, 0.15) is 29.0 Å². The molecule has 5 N–H and O–H groups in total. The maximum Gasteiger partial charge on any atom is 0.261 e. The summed E-state index contributed by atoms with van der Waals surface area (Å²) >= 11 is 0. The summed E-state index contributed by atoms with van der Waals surface area (Å²) in [6.45, 7) is 5.60. The summed E-state index contributed by atoms with van der Waals surface area (Å²) in [5, 5.41) is 18.9. The van der Waals surface area contributed by atoms with Gasteiger partial charge in [0.15, 0.2) is 11.4 Å². The van der Waals surface area contributed by atoms with Crippen molar-refractivity contribution in [2.45, 2.75) is 51.1 Å². The van der Waals surface area contributed by atoms with Gasteiger partial charge in [-0.15, -0.1) is 0 Å². The summed E-state index contributed by atoms with van der Waals surface area (Å²) in [5.74, 6) is -0.513. The molecule has 2 saturated heterocycles. The number of anilines is 4. The van der Waals surface area contributed by atoms with Crippen molar-refractivity contribution in [1.82, 2.24) is 30.1 Å². The topological polar surface area (TPSA) is 174 Å². The Balaban J connectivity index is 0.791. The first-order valence-electron chi connectivity index (χ1n) is 19.7. The molecular formula is C42H45FN10O5. The fraction of sp³-hybridized carbons (Fsp3) is 0.333. The van der Waals surface area contributed by atoms with Crippen LogP contribution in [0.5, 0.6) is 11.5 Å². The lowest BCUT2D eigenvalue weighted by Gasteiger charge is -2.36. The number of piperazine rings is 1. The minimum Gasteiger partial charge on any atom is -0.455 e. The smallest absolute Gasteiger partial charge is 0.261 e. The minimum atomic E-state index is -0.476. The number of carbonyl (C=O) groups is 4. The molecule has 2 aromatic heterocycles. The zero-order valence-electron chi connectivity index (χ0n) is 31.9. The van der Waals surface area contributed by atoms with Crippen molar-refractivity contribution in [3.63, 3.8) is 0 Å². The fourth-order valence-electron chi connectivity index (χ4n) is 7.41. The Hall–Kier alpha value is -6.55. The van der Waals surface area contributed by atoms with Crippen molar-refractivity contribution in [3.05, 3.63) is 102 Å². The summed E-state index contributed by atoms with van der Waals surface area (Å²) in [7, 11) is 0. The van der Waals surface area contributed by atoms with E-state index >= 15 is 0 Å². The van der Waals surface area contributed by atoms with Gasteiger partial charge in [0.05, 0.1) is 11.9 Å². The molecule has 58 heavy (non-hydrogen) atoms. The van der Waals surface area contributed by atoms with E-state index in [1.54, 1.807) is 30.5 Å². The number of rotatable bonds is 11. The Labute approximate surface area is 334 Å². The maximum atomic E-state index is 14.3. The van der Waals surface area contributed by atoms with Crippen LogP contribution >= 0.6 is 0 Å². The van der Waals surface area contributed by atoms with E-state index in [-0.39, 0.29) is 41.3 Å². The Morgan fingerprint density at radius 2 is 1.71 bits per heavy atom. The van der Waals surface area contributed by atoms with Crippen LogP contribution in [0.15, 0.2) is 79.1 Å². The first kappa shape index (κ1) is 38.3. The van der Waals surface area contributed by atoms with E-state index in [0.29, 0.717) is 47.7 Å². The van der Waals surface area contributed by atoms with Gasteiger partial charge >= 0.3 is 0 Å². The molecule has 4 amide bonds. The molecule has 15 nitrogen and oxygen atoms in total. The van der Waals surface area contributed by atoms with Crippen LogP contribution in [-0.2, 0) is 16.1 Å². The van der Waals surface area contributed by atoms with Crippen LogP contribution in [0.4, 0.5) is 27.3 Å². The molecule has 16 heteroatoms. The van der Waals surface area contributed by atoms with Crippen LogP contribution in [-0.4, -0.2) is 88.4 Å². The van der Waals surface area contributed by atoms with Gasteiger partial charge in [-0.2, -0.15) is 5.10 Å². The third kappa shape index (κ3) is 9.02. The van der Waals surface area contributed by atoms with Gasteiger partial charge in [0, 0.05) is 74.4 Å². The van der Waals surface area contributed by atoms with Gasteiger partial charge in [0.2, 0.25) is 11.8 Å². The minimum absolute atomic E-state index is 0.209. The number of halogens is 1. The predicted octanol–water partition coefficient (Wildman–Crippen LogP) is 5.17. The summed E-state index contributed by atoms with van der Waals surface area (Å²) in [5.41, 5.74) is 3.75. The number of ether oxygens (including phenoxy) is 1. The summed E-state index contributed by atoms with van der Waals surface area (Å²) in [6, 6.07) is 18.5. The highest BCUT2D eigenvalue weighted by atomic mass is 19.1. The van der Waals surface area contributed by atoms with E-state index in [2.05, 4.69) is 58.6 Å². The number of benzene rings is 3. The zero-order valence-corrected chi connectivity index (χ0v) is 31.9. The number of unbranched alkanes of at least 4 members (excludes halogenated alkanes) is 3. The van der Waals surface area contributed by atoms with Gasteiger partial charge < -0.3 is 30.9 Å². The van der Waals surface area contributed by atoms with Crippen molar-refractivity contribution in [2.24, 2.45) is 0 Å². The highest BCUT2D eigenvalue weighted by molar-refractivity contribution is 6.09. The second-order valence-corrected chi connectivity index (χ2v) is 14.7. The third-order valence-electron chi connectivity index (χ3n) is 10.7. The second-order valence-electron chi connectivity index (χ2n) is 14.7. The third-order valence-corrected chi connectivity index (χ3v) is 10.7. The van der Waals surface area contributed by atoms with Crippen molar-refractivity contribution >= 4 is 52.2 Å². The number of hydrogen-bond acceptors (Lipinski definition) is 11. The van der Waals surface area contributed by atoms with E-state index in [1.165, 1.54) is 28.9 Å². The number of fused-ring (bicyclic) bond motifs is 3. The lowest BCUT2D eigenvalue weighted by Crippen LogP contribution is -2.47. The summed E-state index contributed by atoms with van der Waals surface area (Å²) < 4.78 is 22.0. The number of nitrogens with one attached hydrogen (secondary N) is 5. The van der Waals surface area contributed by atoms with Gasteiger partial charge in [-0.3, -0.25) is 29.4 Å². The first-order chi connectivity index (χ1) is 28.3. The van der Waals surface area contributed by atoms with Crippen LogP contribution in [0, 0.1) is 5.82 Å². The van der Waals surface area contributed by atoms with Gasteiger partial charge in [-0.25, -0.2) is 13.9 Å². The van der Waals surface area contributed by atoms with E-state index in [0.717, 1.165) is 69.8 Å². The van der Waals surface area contributed by atoms with Crippen molar-refractivity contribution in [2.75, 3.05) is 60.1 Å². The molecule has 3 aromatic carbocycles. The van der Waals surface area contributed by atoms with Crippen molar-refractivity contribution in [3.8, 4) is 11.5 Å². The molecule has 300 valence electrons. The quantitative estimate of drug-likeness (QED) is 0.0883. The second kappa shape index (κ2) is 17.3. The highest BCUT2D eigenvalue weighted by Crippen LogP contribution is 2.34. The maximum absolute atomic E-state index is 14.3. The Bertz CT molecular complexity index is 2330. The number of imide groups is 1. The van der Waals surface area contributed by atoms with Crippen LogP contribution < -0.4 is 36.2 Å². The lowest BCUT2D eigenvalue weighted by molar-refractivity contribution is -0.133. The average molecular weight is 789 g/mol. The molecule has 0 radical (unpaired) electrons. The van der Waals surface area contributed by atoms with Gasteiger partial charge in [0.25, 0.3) is 11.8 Å². The van der Waals surface area contributed by atoms with Crippen LogP contribution in [0.25, 0.3) is 5.65 Å². The summed E-state index contributed by atoms with van der Waals surface area (Å²) in [6.07, 6.45) is 7.90. The lowest BCUT2D eigenvalue weighted by atomic mass is 10.1.